The normalized spacial score (nSPS) is 14.3. The van der Waals surface area contributed by atoms with Gasteiger partial charge in [0, 0.05) is 48.5 Å². The highest BCUT2D eigenvalue weighted by Crippen LogP contribution is 2.32. The number of hydrogen-bond acceptors (Lipinski definition) is 6. The number of carbonyl (C=O) groups is 2. The molecule has 32 heavy (non-hydrogen) atoms. The monoisotopic (exact) mass is 453 g/mol. The Morgan fingerprint density at radius 3 is 2.47 bits per heavy atom. The van der Waals surface area contributed by atoms with E-state index in [1.165, 1.54) is 35.6 Å². The fourth-order valence-electron chi connectivity index (χ4n) is 3.49. The van der Waals surface area contributed by atoms with Crippen molar-refractivity contribution in [1.29, 1.82) is 0 Å². The van der Waals surface area contributed by atoms with Crippen LogP contribution < -0.4 is 5.32 Å². The number of halogens is 1. The first-order valence-electron chi connectivity index (χ1n) is 10.5. The number of aromatic nitrogens is 1. The van der Waals surface area contributed by atoms with Crippen LogP contribution in [0.5, 0.6) is 0 Å². The topological polar surface area (TPSA) is 71.5 Å². The van der Waals surface area contributed by atoms with Crippen molar-refractivity contribution < 1.29 is 18.7 Å². The Morgan fingerprint density at radius 2 is 1.75 bits per heavy atom. The molecule has 1 aromatic heterocycles. The van der Waals surface area contributed by atoms with Gasteiger partial charge in [-0.3, -0.25) is 14.5 Å². The van der Waals surface area contributed by atoms with Gasteiger partial charge in [0.25, 0.3) is 0 Å². The van der Waals surface area contributed by atoms with Gasteiger partial charge in [0.05, 0.1) is 18.9 Å². The molecule has 0 aliphatic carbocycles. The standard InChI is InChI=1S/C24H24FN3O3S/c25-19-8-6-17(7-9-19)20(29)10-11-22(30)26-24-27-23(18-4-2-1-3-5-18)21(32-24)16-28-12-14-31-15-13-28/h1-9H,10-16H2,(H,26,27,30). The molecule has 1 aliphatic heterocycles. The molecule has 1 saturated heterocycles. The van der Waals surface area contributed by atoms with Crippen molar-refractivity contribution in [1.82, 2.24) is 9.88 Å². The van der Waals surface area contributed by atoms with Crippen LogP contribution in [-0.2, 0) is 16.1 Å². The third-order valence-electron chi connectivity index (χ3n) is 5.21. The molecule has 0 unspecified atom stereocenters. The molecule has 0 bridgehead atoms. The zero-order valence-electron chi connectivity index (χ0n) is 17.6. The Balaban J connectivity index is 1.42. The molecule has 8 heteroatoms. The lowest BCUT2D eigenvalue weighted by Crippen LogP contribution is -2.35. The molecule has 0 saturated carbocycles. The molecule has 1 amide bonds. The van der Waals surface area contributed by atoms with Gasteiger partial charge in [-0.2, -0.15) is 0 Å². The zero-order chi connectivity index (χ0) is 22.3. The molecule has 2 aromatic carbocycles. The maximum Gasteiger partial charge on any atom is 0.226 e. The number of benzene rings is 2. The van der Waals surface area contributed by atoms with Gasteiger partial charge in [0.15, 0.2) is 10.9 Å². The lowest BCUT2D eigenvalue weighted by molar-refractivity contribution is -0.116. The lowest BCUT2D eigenvalue weighted by Gasteiger charge is -2.26. The molecule has 0 spiro atoms. The highest BCUT2D eigenvalue weighted by Gasteiger charge is 2.19. The van der Waals surface area contributed by atoms with E-state index in [4.69, 9.17) is 4.74 Å². The maximum atomic E-state index is 13.0. The number of carbonyl (C=O) groups excluding carboxylic acids is 2. The van der Waals surface area contributed by atoms with Gasteiger partial charge in [-0.25, -0.2) is 9.37 Å². The molecule has 166 valence electrons. The Hall–Kier alpha value is -2.94. The number of morpholine rings is 1. The van der Waals surface area contributed by atoms with Gasteiger partial charge < -0.3 is 10.1 Å². The summed E-state index contributed by atoms with van der Waals surface area (Å²) < 4.78 is 18.5. The van der Waals surface area contributed by atoms with Crippen molar-refractivity contribution in [2.75, 3.05) is 31.6 Å². The minimum Gasteiger partial charge on any atom is -0.379 e. The number of hydrogen-bond donors (Lipinski definition) is 1. The Kier molecular flexibility index (Phi) is 7.36. The molecule has 0 radical (unpaired) electrons. The molecule has 2 heterocycles. The summed E-state index contributed by atoms with van der Waals surface area (Å²) in [7, 11) is 0. The molecule has 6 nitrogen and oxygen atoms in total. The smallest absolute Gasteiger partial charge is 0.226 e. The minimum atomic E-state index is -0.398. The molecule has 1 fully saturated rings. The van der Waals surface area contributed by atoms with Gasteiger partial charge >= 0.3 is 0 Å². The van der Waals surface area contributed by atoms with Gasteiger partial charge in [-0.05, 0) is 24.3 Å². The molecule has 1 N–H and O–H groups in total. The Bertz CT molecular complexity index is 1060. The summed E-state index contributed by atoms with van der Waals surface area (Å²) in [5.41, 5.74) is 2.26. The number of rotatable bonds is 8. The summed E-state index contributed by atoms with van der Waals surface area (Å²) in [6, 6.07) is 15.2. The van der Waals surface area contributed by atoms with E-state index in [2.05, 4.69) is 15.2 Å². The maximum absolute atomic E-state index is 13.0. The van der Waals surface area contributed by atoms with E-state index in [1.807, 2.05) is 30.3 Å². The summed E-state index contributed by atoms with van der Waals surface area (Å²) in [5.74, 6) is -0.866. The quantitative estimate of drug-likeness (QED) is 0.513. The molecule has 4 rings (SSSR count). The predicted molar refractivity (Wildman–Crippen MR) is 122 cm³/mol. The van der Waals surface area contributed by atoms with Crippen molar-refractivity contribution in [2.24, 2.45) is 0 Å². The highest BCUT2D eigenvalue weighted by molar-refractivity contribution is 7.16. The first-order valence-corrected chi connectivity index (χ1v) is 11.3. The zero-order valence-corrected chi connectivity index (χ0v) is 18.4. The van der Waals surface area contributed by atoms with E-state index in [0.29, 0.717) is 23.9 Å². The van der Waals surface area contributed by atoms with E-state index in [-0.39, 0.29) is 24.5 Å². The number of ether oxygens (including phenoxy) is 1. The van der Waals surface area contributed by atoms with Crippen molar-refractivity contribution in [3.05, 3.63) is 70.9 Å². The van der Waals surface area contributed by atoms with Crippen LogP contribution in [-0.4, -0.2) is 47.9 Å². The number of ketones is 1. The van der Waals surface area contributed by atoms with Crippen molar-refractivity contribution in [3.63, 3.8) is 0 Å². The molecule has 3 aromatic rings. The van der Waals surface area contributed by atoms with Crippen LogP contribution in [0.2, 0.25) is 0 Å². The van der Waals surface area contributed by atoms with Crippen LogP contribution in [0.15, 0.2) is 54.6 Å². The number of Topliss-reactive ketones (excluding diaryl/α,β-unsaturated/α-hetero) is 1. The van der Waals surface area contributed by atoms with Crippen LogP contribution in [0.25, 0.3) is 11.3 Å². The van der Waals surface area contributed by atoms with E-state index in [1.54, 1.807) is 0 Å². The number of anilines is 1. The number of thiazole rings is 1. The van der Waals surface area contributed by atoms with Gasteiger partial charge in [0.2, 0.25) is 5.91 Å². The van der Waals surface area contributed by atoms with E-state index >= 15 is 0 Å². The van der Waals surface area contributed by atoms with Crippen LogP contribution >= 0.6 is 11.3 Å². The Labute approximate surface area is 190 Å². The second kappa shape index (κ2) is 10.6. The number of nitrogens with zero attached hydrogens (tertiary/aromatic N) is 2. The summed E-state index contributed by atoms with van der Waals surface area (Å²) in [6.45, 7) is 3.89. The first-order chi connectivity index (χ1) is 15.6. The van der Waals surface area contributed by atoms with E-state index < -0.39 is 5.82 Å². The Morgan fingerprint density at radius 1 is 1.03 bits per heavy atom. The van der Waals surface area contributed by atoms with Crippen LogP contribution in [0, 0.1) is 5.82 Å². The highest BCUT2D eigenvalue weighted by atomic mass is 32.1. The van der Waals surface area contributed by atoms with E-state index in [9.17, 15) is 14.0 Å². The molecular formula is C24H24FN3O3S. The third-order valence-corrected chi connectivity index (χ3v) is 6.16. The molecule has 0 atom stereocenters. The van der Waals surface area contributed by atoms with Crippen molar-refractivity contribution >= 4 is 28.2 Å². The second-order valence-corrected chi connectivity index (χ2v) is 8.61. The first kappa shape index (κ1) is 22.3. The predicted octanol–water partition coefficient (Wildman–Crippen LogP) is 4.38. The number of nitrogens with one attached hydrogen (secondary N) is 1. The minimum absolute atomic E-state index is 0.0370. The summed E-state index contributed by atoms with van der Waals surface area (Å²) in [5, 5.41) is 3.36. The van der Waals surface area contributed by atoms with Gasteiger partial charge in [0.1, 0.15) is 5.82 Å². The fraction of sp³-hybridized carbons (Fsp3) is 0.292. The van der Waals surface area contributed by atoms with Gasteiger partial charge in [-0.15, -0.1) is 0 Å². The van der Waals surface area contributed by atoms with Crippen LogP contribution in [0.3, 0.4) is 0 Å². The SMILES string of the molecule is O=C(CCC(=O)c1ccc(F)cc1)Nc1nc(-c2ccccc2)c(CN2CCOCC2)s1. The molecule has 1 aliphatic rings. The number of amides is 1. The second-order valence-electron chi connectivity index (χ2n) is 7.52. The fourth-order valence-corrected chi connectivity index (χ4v) is 4.53. The third kappa shape index (κ3) is 5.85. The summed E-state index contributed by atoms with van der Waals surface area (Å²) >= 11 is 1.46. The summed E-state index contributed by atoms with van der Waals surface area (Å²) in [4.78, 5) is 32.8. The van der Waals surface area contributed by atoms with Crippen molar-refractivity contribution in [2.45, 2.75) is 19.4 Å². The molecular weight excluding hydrogens is 429 g/mol. The van der Waals surface area contributed by atoms with Crippen molar-refractivity contribution in [3.8, 4) is 11.3 Å². The average molecular weight is 454 g/mol. The van der Waals surface area contributed by atoms with E-state index in [0.717, 1.165) is 35.8 Å². The average Bonchev–Trinajstić information content (AvgIpc) is 3.21. The van der Waals surface area contributed by atoms with Crippen LogP contribution in [0.4, 0.5) is 9.52 Å². The largest absolute Gasteiger partial charge is 0.379 e. The lowest BCUT2D eigenvalue weighted by atomic mass is 10.1. The van der Waals surface area contributed by atoms with Crippen LogP contribution in [0.1, 0.15) is 28.1 Å². The van der Waals surface area contributed by atoms with Gasteiger partial charge in [-0.1, -0.05) is 41.7 Å². The summed E-state index contributed by atoms with van der Waals surface area (Å²) in [6.07, 6.45) is 0.0876.